The predicted octanol–water partition coefficient (Wildman–Crippen LogP) is 2.18. The normalized spacial score (nSPS) is 14.7. The van der Waals surface area contributed by atoms with Crippen LogP contribution < -0.4 is 10.2 Å². The van der Waals surface area contributed by atoms with Gasteiger partial charge in [-0.2, -0.15) is 0 Å². The molecule has 1 heterocycles. The summed E-state index contributed by atoms with van der Waals surface area (Å²) in [5, 5.41) is 2.43. The number of benzene rings is 2. The molecule has 1 unspecified atom stereocenters. The first-order chi connectivity index (χ1) is 13.9. The molecular formula is C21H20N2O6. The highest BCUT2D eigenvalue weighted by atomic mass is 16.5. The fourth-order valence-electron chi connectivity index (χ4n) is 3.34. The number of fused-ring (bicyclic) bond motifs is 1. The van der Waals surface area contributed by atoms with Gasteiger partial charge in [-0.3, -0.25) is 9.59 Å². The number of esters is 2. The molecule has 29 heavy (non-hydrogen) atoms. The zero-order valence-corrected chi connectivity index (χ0v) is 16.2. The maximum Gasteiger partial charge on any atom is 0.339 e. The minimum Gasteiger partial charge on any atom is -0.465 e. The van der Waals surface area contributed by atoms with Crippen molar-refractivity contribution in [3.63, 3.8) is 0 Å². The first kappa shape index (κ1) is 20.1. The smallest absolute Gasteiger partial charge is 0.339 e. The quantitative estimate of drug-likeness (QED) is 0.630. The second kappa shape index (κ2) is 8.14. The molecule has 1 N–H and O–H groups in total. The minimum atomic E-state index is -0.930. The lowest BCUT2D eigenvalue weighted by Gasteiger charge is -2.22. The Labute approximate surface area is 167 Å². The van der Waals surface area contributed by atoms with E-state index in [0.717, 1.165) is 5.56 Å². The topological polar surface area (TPSA) is 102 Å². The number of carbonyl (C=O) groups excluding carboxylic acids is 4. The van der Waals surface area contributed by atoms with E-state index >= 15 is 0 Å². The van der Waals surface area contributed by atoms with Crippen molar-refractivity contribution in [2.45, 2.75) is 19.4 Å². The molecule has 8 heteroatoms. The summed E-state index contributed by atoms with van der Waals surface area (Å²) in [5.74, 6) is -3.06. The number of anilines is 2. The fourth-order valence-corrected chi connectivity index (χ4v) is 3.34. The van der Waals surface area contributed by atoms with E-state index in [1.54, 1.807) is 12.1 Å². The number of hydrogen-bond acceptors (Lipinski definition) is 6. The van der Waals surface area contributed by atoms with Crippen molar-refractivity contribution in [1.29, 1.82) is 0 Å². The van der Waals surface area contributed by atoms with Gasteiger partial charge in [0.25, 0.3) is 0 Å². The van der Waals surface area contributed by atoms with Crippen molar-refractivity contribution in [2.24, 2.45) is 0 Å². The monoisotopic (exact) mass is 396 g/mol. The van der Waals surface area contributed by atoms with Crippen molar-refractivity contribution in [3.05, 3.63) is 59.2 Å². The summed E-state index contributed by atoms with van der Waals surface area (Å²) >= 11 is 0. The summed E-state index contributed by atoms with van der Waals surface area (Å²) in [5.41, 5.74) is 1.76. The molecule has 0 radical (unpaired) electrons. The van der Waals surface area contributed by atoms with Crippen LogP contribution in [-0.2, 0) is 25.5 Å². The highest BCUT2D eigenvalue weighted by molar-refractivity contribution is 6.45. The molecule has 0 aliphatic carbocycles. The molecule has 0 saturated carbocycles. The molecule has 2 aromatic rings. The van der Waals surface area contributed by atoms with Crippen molar-refractivity contribution in [3.8, 4) is 0 Å². The van der Waals surface area contributed by atoms with E-state index in [-0.39, 0.29) is 22.9 Å². The van der Waals surface area contributed by atoms with Gasteiger partial charge in [0.1, 0.15) is 0 Å². The lowest BCUT2D eigenvalue weighted by Crippen LogP contribution is -2.43. The molecule has 1 aliphatic heterocycles. The van der Waals surface area contributed by atoms with Crippen molar-refractivity contribution < 1.29 is 28.7 Å². The van der Waals surface area contributed by atoms with Crippen LogP contribution in [0.25, 0.3) is 0 Å². The van der Waals surface area contributed by atoms with E-state index in [1.807, 2.05) is 19.1 Å². The Balaban J connectivity index is 1.90. The Morgan fingerprint density at radius 2 is 1.69 bits per heavy atom. The molecule has 0 spiro atoms. The minimum absolute atomic E-state index is 0.0103. The maximum atomic E-state index is 12.9. The average Bonchev–Trinajstić information content (AvgIpc) is 3.07. The van der Waals surface area contributed by atoms with Crippen molar-refractivity contribution in [2.75, 3.05) is 24.4 Å². The molecule has 1 atom stereocenters. The third kappa shape index (κ3) is 3.82. The molecule has 8 nitrogen and oxygen atoms in total. The zero-order valence-electron chi connectivity index (χ0n) is 16.2. The van der Waals surface area contributed by atoms with E-state index in [9.17, 15) is 19.2 Å². The molecule has 0 fully saturated rings. The second-order valence-corrected chi connectivity index (χ2v) is 6.55. The van der Waals surface area contributed by atoms with Gasteiger partial charge in [-0.05, 0) is 43.2 Å². The number of nitrogens with one attached hydrogen (secondary N) is 1. The number of carbonyl (C=O) groups is 4. The number of amides is 2. The molecule has 0 saturated heterocycles. The van der Waals surface area contributed by atoms with E-state index < -0.39 is 23.8 Å². The van der Waals surface area contributed by atoms with Crippen LogP contribution >= 0.6 is 0 Å². The van der Waals surface area contributed by atoms with Gasteiger partial charge in [0.15, 0.2) is 0 Å². The summed E-state index contributed by atoms with van der Waals surface area (Å²) in [7, 11) is 2.40. The summed E-state index contributed by atoms with van der Waals surface area (Å²) < 4.78 is 9.37. The standard InChI is InChI=1S/C21H20N2O6/c1-12-10-13-6-4-5-7-17(13)23(12)19(25)18(24)22-16-11-14(20(26)28-2)8-9-15(16)21(27)29-3/h4-9,11-12H,10H2,1-3H3,(H,22,24). The van der Waals surface area contributed by atoms with Gasteiger partial charge in [-0.15, -0.1) is 0 Å². The summed E-state index contributed by atoms with van der Waals surface area (Å²) in [4.78, 5) is 50.8. The van der Waals surface area contributed by atoms with Crippen molar-refractivity contribution >= 4 is 35.1 Å². The van der Waals surface area contributed by atoms with Crippen LogP contribution in [0.5, 0.6) is 0 Å². The zero-order chi connectivity index (χ0) is 21.1. The number of hydrogen-bond donors (Lipinski definition) is 1. The van der Waals surface area contributed by atoms with Crippen molar-refractivity contribution in [1.82, 2.24) is 0 Å². The van der Waals surface area contributed by atoms with E-state index in [1.165, 1.54) is 37.3 Å². The molecule has 3 rings (SSSR count). The second-order valence-electron chi connectivity index (χ2n) is 6.55. The Hall–Kier alpha value is -3.68. The number of para-hydroxylation sites is 1. The van der Waals surface area contributed by atoms with Gasteiger partial charge in [0.2, 0.25) is 0 Å². The van der Waals surface area contributed by atoms with Gasteiger partial charge in [0, 0.05) is 11.7 Å². The first-order valence-corrected chi connectivity index (χ1v) is 8.90. The molecule has 0 bridgehead atoms. The van der Waals surface area contributed by atoms with Crippen LogP contribution in [0.2, 0.25) is 0 Å². The third-order valence-electron chi connectivity index (χ3n) is 4.71. The van der Waals surface area contributed by atoms with E-state index in [4.69, 9.17) is 4.74 Å². The number of methoxy groups -OCH3 is 2. The first-order valence-electron chi connectivity index (χ1n) is 8.90. The van der Waals surface area contributed by atoms with Gasteiger partial charge in [-0.1, -0.05) is 18.2 Å². The molecule has 2 amide bonds. The number of ether oxygens (including phenoxy) is 2. The number of rotatable bonds is 3. The highest BCUT2D eigenvalue weighted by Crippen LogP contribution is 2.32. The molecule has 0 aromatic heterocycles. The van der Waals surface area contributed by atoms with Gasteiger partial charge >= 0.3 is 23.8 Å². The van der Waals surface area contributed by atoms with Gasteiger partial charge in [0.05, 0.1) is 31.0 Å². The van der Waals surface area contributed by atoms with Crippen LogP contribution in [0.4, 0.5) is 11.4 Å². The van der Waals surface area contributed by atoms with Crippen LogP contribution in [-0.4, -0.2) is 44.0 Å². The third-order valence-corrected chi connectivity index (χ3v) is 4.71. The molecule has 150 valence electrons. The Kier molecular flexibility index (Phi) is 5.63. The summed E-state index contributed by atoms with van der Waals surface area (Å²) in [6, 6.07) is 11.1. The highest BCUT2D eigenvalue weighted by Gasteiger charge is 2.34. The lowest BCUT2D eigenvalue weighted by atomic mass is 10.1. The lowest BCUT2D eigenvalue weighted by molar-refractivity contribution is -0.134. The summed E-state index contributed by atoms with van der Waals surface area (Å²) in [6.07, 6.45) is 0.639. The largest absolute Gasteiger partial charge is 0.465 e. The molecule has 2 aromatic carbocycles. The van der Waals surface area contributed by atoms with Crippen LogP contribution in [0.15, 0.2) is 42.5 Å². The number of nitrogens with zero attached hydrogens (tertiary/aromatic N) is 1. The van der Waals surface area contributed by atoms with Gasteiger partial charge in [-0.25, -0.2) is 9.59 Å². The fraction of sp³-hybridized carbons (Fsp3) is 0.238. The van der Waals surface area contributed by atoms with Crippen LogP contribution in [0.1, 0.15) is 33.2 Å². The maximum absolute atomic E-state index is 12.9. The Morgan fingerprint density at radius 1 is 1.00 bits per heavy atom. The summed E-state index contributed by atoms with van der Waals surface area (Å²) in [6.45, 7) is 1.85. The molecule has 1 aliphatic rings. The van der Waals surface area contributed by atoms with Crippen LogP contribution in [0, 0.1) is 0 Å². The Morgan fingerprint density at radius 3 is 2.38 bits per heavy atom. The van der Waals surface area contributed by atoms with Crippen LogP contribution in [0.3, 0.4) is 0 Å². The van der Waals surface area contributed by atoms with E-state index in [2.05, 4.69) is 10.1 Å². The predicted molar refractivity (Wildman–Crippen MR) is 105 cm³/mol. The van der Waals surface area contributed by atoms with Gasteiger partial charge < -0.3 is 19.7 Å². The van der Waals surface area contributed by atoms with E-state index in [0.29, 0.717) is 12.1 Å². The molecular weight excluding hydrogens is 376 g/mol. The SMILES string of the molecule is COC(=O)c1ccc(C(=O)OC)c(NC(=O)C(=O)N2c3ccccc3CC2C)c1. The Bertz CT molecular complexity index is 1000. The average molecular weight is 396 g/mol.